The number of thioether (sulfide) groups is 1. The topological polar surface area (TPSA) is 49.4 Å². The molecule has 4 aromatic rings. The zero-order valence-electron chi connectivity index (χ0n) is 19.7. The lowest BCUT2D eigenvalue weighted by atomic mass is 10.1. The molecular weight excluding hydrogens is 507 g/mol. The molecule has 1 aliphatic heterocycles. The second-order valence-corrected chi connectivity index (χ2v) is 9.99. The molecule has 0 bridgehead atoms. The summed E-state index contributed by atoms with van der Waals surface area (Å²) in [5.41, 5.74) is 3.57. The smallest absolute Gasteiger partial charge is 0.265 e. The van der Waals surface area contributed by atoms with Crippen LogP contribution in [-0.4, -0.2) is 11.8 Å². The highest BCUT2D eigenvalue weighted by Gasteiger charge is 2.30. The van der Waals surface area contributed by atoms with Gasteiger partial charge in [0.1, 0.15) is 5.82 Å². The molecule has 7 heteroatoms. The van der Waals surface area contributed by atoms with Gasteiger partial charge in [-0.15, -0.1) is 0 Å². The van der Waals surface area contributed by atoms with E-state index < -0.39 is 0 Å². The van der Waals surface area contributed by atoms with E-state index in [0.717, 1.165) is 21.6 Å². The summed E-state index contributed by atoms with van der Waals surface area (Å²) in [6.45, 7) is 0.524. The summed E-state index contributed by atoms with van der Waals surface area (Å²) in [7, 11) is 0. The fourth-order valence-corrected chi connectivity index (χ4v) is 5.24. The molecule has 4 aromatic carbocycles. The maximum Gasteiger partial charge on any atom is 0.265 e. The fraction of sp³-hybridized carbons (Fsp3) is 0.0667. The first-order valence-corrected chi connectivity index (χ1v) is 12.8. The normalized spacial score (nSPS) is 13.9. The molecule has 0 aliphatic carbocycles. The van der Waals surface area contributed by atoms with Crippen molar-refractivity contribution in [3.05, 3.63) is 135 Å². The maximum absolute atomic E-state index is 13.6. The molecule has 0 unspecified atom stereocenters. The first-order valence-electron chi connectivity index (χ1n) is 11.6. The fourth-order valence-electron chi connectivity index (χ4n) is 4.00. The highest BCUT2D eigenvalue weighted by molar-refractivity contribution is 8.04. The van der Waals surface area contributed by atoms with Crippen LogP contribution in [0.15, 0.2) is 107 Å². The largest absolute Gasteiger partial charge is 0.348 e. The van der Waals surface area contributed by atoms with Crippen LogP contribution in [0.25, 0.3) is 6.08 Å². The quantitative estimate of drug-likeness (QED) is 0.272. The number of benzene rings is 4. The summed E-state index contributed by atoms with van der Waals surface area (Å²) >= 11 is 7.59. The van der Waals surface area contributed by atoms with E-state index in [4.69, 9.17) is 11.6 Å². The second-order valence-electron chi connectivity index (χ2n) is 8.50. The van der Waals surface area contributed by atoms with E-state index in [1.807, 2.05) is 60.7 Å². The molecule has 0 radical (unpaired) electrons. The van der Waals surface area contributed by atoms with E-state index in [9.17, 15) is 14.0 Å². The molecule has 0 fully saturated rings. The van der Waals surface area contributed by atoms with Gasteiger partial charge < -0.3 is 10.2 Å². The average molecular weight is 529 g/mol. The first kappa shape index (κ1) is 24.8. The predicted molar refractivity (Wildman–Crippen MR) is 147 cm³/mol. The third-order valence-corrected chi connectivity index (χ3v) is 7.38. The first-order chi connectivity index (χ1) is 18.0. The van der Waals surface area contributed by atoms with Gasteiger partial charge in [0, 0.05) is 22.0 Å². The Morgan fingerprint density at radius 3 is 2.43 bits per heavy atom. The van der Waals surface area contributed by atoms with Crippen molar-refractivity contribution in [2.75, 3.05) is 4.90 Å². The molecule has 0 spiro atoms. The molecule has 0 aromatic heterocycles. The third kappa shape index (κ3) is 5.77. The van der Waals surface area contributed by atoms with Crippen molar-refractivity contribution in [1.82, 2.24) is 5.32 Å². The summed E-state index contributed by atoms with van der Waals surface area (Å²) < 4.78 is 13.5. The highest BCUT2D eigenvalue weighted by Crippen LogP contribution is 2.43. The minimum Gasteiger partial charge on any atom is -0.348 e. The SMILES string of the molecule is O=C(NCc1ccccc1Cl)c1ccc2c(c1)N(Cc1ccc(F)cc1)C(=O)C(=Cc1ccccc1)S2. The van der Waals surface area contributed by atoms with Crippen LogP contribution < -0.4 is 10.2 Å². The Kier molecular flexibility index (Phi) is 7.40. The number of rotatable bonds is 6. The third-order valence-electron chi connectivity index (χ3n) is 5.94. The molecule has 0 saturated carbocycles. The lowest BCUT2D eigenvalue weighted by Gasteiger charge is -2.31. The number of amides is 2. The zero-order chi connectivity index (χ0) is 25.8. The van der Waals surface area contributed by atoms with Gasteiger partial charge in [0.25, 0.3) is 11.8 Å². The minimum atomic E-state index is -0.341. The summed E-state index contributed by atoms with van der Waals surface area (Å²) in [5, 5.41) is 3.48. The number of hydrogen-bond donors (Lipinski definition) is 1. The van der Waals surface area contributed by atoms with Gasteiger partial charge in [-0.25, -0.2) is 4.39 Å². The van der Waals surface area contributed by atoms with Crippen LogP contribution in [0.5, 0.6) is 0 Å². The Labute approximate surface area is 223 Å². The lowest BCUT2D eigenvalue weighted by molar-refractivity contribution is -0.114. The van der Waals surface area contributed by atoms with Crippen molar-refractivity contribution in [1.29, 1.82) is 0 Å². The summed E-state index contributed by atoms with van der Waals surface area (Å²) in [4.78, 5) is 29.7. The number of nitrogens with one attached hydrogen (secondary N) is 1. The van der Waals surface area contributed by atoms with E-state index in [-0.39, 0.29) is 30.7 Å². The molecule has 2 amide bonds. The molecular formula is C30H22ClFN2O2S. The second kappa shape index (κ2) is 11.0. The summed E-state index contributed by atoms with van der Waals surface area (Å²) in [6, 6.07) is 28.4. The number of carbonyl (C=O) groups excluding carboxylic acids is 2. The molecule has 1 heterocycles. The van der Waals surface area contributed by atoms with Crippen molar-refractivity contribution in [2.24, 2.45) is 0 Å². The average Bonchev–Trinajstić information content (AvgIpc) is 2.92. The molecule has 0 saturated heterocycles. The Morgan fingerprint density at radius 1 is 0.946 bits per heavy atom. The van der Waals surface area contributed by atoms with Crippen molar-refractivity contribution in [3.63, 3.8) is 0 Å². The predicted octanol–water partition coefficient (Wildman–Crippen LogP) is 7.09. The molecule has 5 rings (SSSR count). The van der Waals surface area contributed by atoms with Crippen LogP contribution in [0.2, 0.25) is 5.02 Å². The molecule has 1 aliphatic rings. The molecule has 37 heavy (non-hydrogen) atoms. The number of carbonyl (C=O) groups is 2. The van der Waals surface area contributed by atoms with Gasteiger partial charge in [-0.2, -0.15) is 0 Å². The van der Waals surface area contributed by atoms with Gasteiger partial charge in [-0.3, -0.25) is 9.59 Å². The Morgan fingerprint density at radius 2 is 1.68 bits per heavy atom. The van der Waals surface area contributed by atoms with Crippen molar-refractivity contribution in [2.45, 2.75) is 18.0 Å². The van der Waals surface area contributed by atoms with Crippen LogP contribution in [-0.2, 0) is 17.9 Å². The van der Waals surface area contributed by atoms with Gasteiger partial charge >= 0.3 is 0 Å². The summed E-state index contributed by atoms with van der Waals surface area (Å²) in [6.07, 6.45) is 1.86. The van der Waals surface area contributed by atoms with E-state index in [0.29, 0.717) is 21.2 Å². The van der Waals surface area contributed by atoms with Crippen LogP contribution in [0.4, 0.5) is 10.1 Å². The minimum absolute atomic E-state index is 0.181. The van der Waals surface area contributed by atoms with Crippen molar-refractivity contribution < 1.29 is 14.0 Å². The van der Waals surface area contributed by atoms with Crippen LogP contribution in [0, 0.1) is 5.82 Å². The van der Waals surface area contributed by atoms with Gasteiger partial charge in [0.15, 0.2) is 0 Å². The number of nitrogens with zero attached hydrogens (tertiary/aromatic N) is 1. The van der Waals surface area contributed by atoms with Crippen molar-refractivity contribution >= 4 is 46.9 Å². The van der Waals surface area contributed by atoms with Crippen LogP contribution in [0.3, 0.4) is 0 Å². The van der Waals surface area contributed by atoms with Gasteiger partial charge in [0.2, 0.25) is 0 Å². The number of hydrogen-bond acceptors (Lipinski definition) is 3. The lowest BCUT2D eigenvalue weighted by Crippen LogP contribution is -2.34. The van der Waals surface area contributed by atoms with Gasteiger partial charge in [-0.05, 0) is 59.2 Å². The Bertz CT molecular complexity index is 1490. The number of fused-ring (bicyclic) bond motifs is 1. The standard InChI is InChI=1S/C30H22ClFN2O2S/c31-25-9-5-4-8-23(25)18-33-29(35)22-12-15-27-26(17-22)34(19-21-10-13-24(32)14-11-21)30(36)28(37-27)16-20-6-2-1-3-7-20/h1-17H,18-19H2,(H,33,35). The monoisotopic (exact) mass is 528 g/mol. The van der Waals surface area contributed by atoms with Crippen LogP contribution >= 0.6 is 23.4 Å². The van der Waals surface area contributed by atoms with E-state index in [2.05, 4.69) is 5.32 Å². The van der Waals surface area contributed by atoms with E-state index in [1.165, 1.54) is 23.9 Å². The highest BCUT2D eigenvalue weighted by atomic mass is 35.5. The molecule has 1 N–H and O–H groups in total. The zero-order valence-corrected chi connectivity index (χ0v) is 21.2. The van der Waals surface area contributed by atoms with Crippen molar-refractivity contribution in [3.8, 4) is 0 Å². The van der Waals surface area contributed by atoms with Crippen LogP contribution in [0.1, 0.15) is 27.0 Å². The Balaban J connectivity index is 1.46. The van der Waals surface area contributed by atoms with Gasteiger partial charge in [0.05, 0.1) is 17.1 Å². The Hall–Kier alpha value is -3.87. The number of halogens is 2. The van der Waals surface area contributed by atoms with Gasteiger partial charge in [-0.1, -0.05) is 84.0 Å². The summed E-state index contributed by atoms with van der Waals surface area (Å²) in [5.74, 6) is -0.793. The molecule has 184 valence electrons. The molecule has 4 nitrogen and oxygen atoms in total. The van der Waals surface area contributed by atoms with E-state index >= 15 is 0 Å². The molecule has 0 atom stereocenters. The maximum atomic E-state index is 13.6. The number of anilines is 1. The van der Waals surface area contributed by atoms with E-state index in [1.54, 1.807) is 35.2 Å².